The molecule has 0 spiro atoms. The molecular weight excluding hydrogens is 418 g/mol. The Morgan fingerprint density at radius 1 is 1.11 bits per heavy atom. The lowest BCUT2D eigenvalue weighted by Gasteiger charge is -2.35. The number of carbonyl (C=O) groups is 1. The molecule has 1 aliphatic heterocycles. The maximum atomic E-state index is 13.2. The second-order valence-corrected chi connectivity index (χ2v) is 7.64. The number of rotatable bonds is 3. The third-order valence-corrected chi connectivity index (χ3v) is 6.00. The summed E-state index contributed by atoms with van der Waals surface area (Å²) in [5.41, 5.74) is 2.50. The van der Waals surface area contributed by atoms with Gasteiger partial charge in [-0.25, -0.2) is 4.98 Å². The number of aromatic nitrogens is 2. The van der Waals surface area contributed by atoms with Crippen LogP contribution in [0.4, 0.5) is 0 Å². The van der Waals surface area contributed by atoms with Gasteiger partial charge >= 0.3 is 0 Å². The molecule has 4 aromatic rings. The Kier molecular flexibility index (Phi) is 3.86. The van der Waals surface area contributed by atoms with E-state index in [-0.39, 0.29) is 12.5 Å². The molecule has 5 nitrogen and oxygen atoms in total. The van der Waals surface area contributed by atoms with Crippen LogP contribution in [-0.4, -0.2) is 25.9 Å². The minimum Gasteiger partial charge on any atom is -0.363 e. The summed E-state index contributed by atoms with van der Waals surface area (Å²) >= 11 is 3.54. The largest absolute Gasteiger partial charge is 0.363 e. The van der Waals surface area contributed by atoms with Gasteiger partial charge in [-0.1, -0.05) is 58.4 Å². The third kappa shape index (κ3) is 2.42. The molecule has 0 saturated heterocycles. The number of nitrogens with one attached hydrogen (secondary N) is 1. The molecule has 1 unspecified atom stereocenters. The van der Waals surface area contributed by atoms with Crippen molar-refractivity contribution in [1.29, 1.82) is 0 Å². The zero-order valence-corrected chi connectivity index (χ0v) is 16.3. The van der Waals surface area contributed by atoms with Gasteiger partial charge in [0.1, 0.15) is 0 Å². The van der Waals surface area contributed by atoms with Crippen molar-refractivity contribution in [2.45, 2.75) is 12.3 Å². The predicted molar refractivity (Wildman–Crippen MR) is 108 cm³/mol. The van der Waals surface area contributed by atoms with Crippen molar-refractivity contribution >= 4 is 32.9 Å². The monoisotopic (exact) mass is 432 g/mol. The Labute approximate surface area is 169 Å². The molecule has 1 aromatic heterocycles. The Hall–Kier alpha value is -2.96. The van der Waals surface area contributed by atoms with Gasteiger partial charge in [0.15, 0.2) is 12.1 Å². The van der Waals surface area contributed by atoms with Crippen LogP contribution in [-0.2, 0) is 12.3 Å². The molecule has 0 fully saturated rings. The number of H-pyrrole nitrogens is 1. The van der Waals surface area contributed by atoms with Crippen molar-refractivity contribution in [3.8, 4) is 0 Å². The summed E-state index contributed by atoms with van der Waals surface area (Å²) in [5.74, 6) is -0.206. The molecule has 0 saturated carbocycles. The zero-order chi connectivity index (χ0) is 19.3. The summed E-state index contributed by atoms with van der Waals surface area (Å²) in [6.07, 6.45) is 2.71. The summed E-state index contributed by atoms with van der Waals surface area (Å²) in [6.45, 7) is 0.260. The van der Waals surface area contributed by atoms with Crippen molar-refractivity contribution < 1.29 is 9.90 Å². The first-order valence-corrected chi connectivity index (χ1v) is 9.62. The number of hydrogen-bond acceptors (Lipinski definition) is 3. The number of amides is 1. The summed E-state index contributed by atoms with van der Waals surface area (Å²) in [5, 5.41) is 11.9. The molecule has 1 radical (unpaired) electrons. The maximum Gasteiger partial charge on any atom is 0.257 e. The van der Waals surface area contributed by atoms with Gasteiger partial charge in [-0.3, -0.25) is 9.69 Å². The quantitative estimate of drug-likeness (QED) is 0.514. The molecule has 2 N–H and O–H groups in total. The fourth-order valence-corrected chi connectivity index (χ4v) is 4.21. The number of imidazole rings is 1. The third-order valence-electron chi connectivity index (χ3n) is 5.22. The molecule has 6 heteroatoms. The van der Waals surface area contributed by atoms with Crippen LogP contribution in [0.3, 0.4) is 0 Å². The van der Waals surface area contributed by atoms with E-state index in [1.54, 1.807) is 18.2 Å². The van der Waals surface area contributed by atoms with Crippen LogP contribution in [0.25, 0.3) is 11.0 Å². The predicted octanol–water partition coefficient (Wildman–Crippen LogP) is 3.97. The molecule has 0 bridgehead atoms. The number of benzene rings is 3. The molecule has 5 rings (SSSR count). The summed E-state index contributed by atoms with van der Waals surface area (Å²) < 4.78 is 0.887. The molecule has 3 aromatic carbocycles. The highest BCUT2D eigenvalue weighted by atomic mass is 79.9. The van der Waals surface area contributed by atoms with Crippen molar-refractivity contribution in [1.82, 2.24) is 14.9 Å². The standard InChI is InChI=1S/C22H15BrN3O2/c23-18-8-4-1-5-14(18)12-26-21(27)16-6-2-3-7-17(16)22(26,28)15-9-10-19-20(11-15)25-13-24-19/h1-11,28H,12H2,(H,24,25). The summed E-state index contributed by atoms with van der Waals surface area (Å²) in [7, 11) is 0. The smallest absolute Gasteiger partial charge is 0.257 e. The van der Waals surface area contributed by atoms with E-state index in [0.29, 0.717) is 22.2 Å². The van der Waals surface area contributed by atoms with Crippen LogP contribution >= 0.6 is 15.9 Å². The topological polar surface area (TPSA) is 69.2 Å². The lowest BCUT2D eigenvalue weighted by molar-refractivity contribution is -0.0542. The fraction of sp³-hybridized carbons (Fsp3) is 0.0909. The summed E-state index contributed by atoms with van der Waals surface area (Å²) in [4.78, 5) is 21.9. The number of carbonyl (C=O) groups excluding carboxylic acids is 1. The van der Waals surface area contributed by atoms with Gasteiger partial charge in [0.05, 0.1) is 17.6 Å². The van der Waals surface area contributed by atoms with Crippen molar-refractivity contribution in [2.75, 3.05) is 0 Å². The molecule has 137 valence electrons. The van der Waals surface area contributed by atoms with Crippen LogP contribution < -0.4 is 0 Å². The molecular formula is C22H15BrN3O2. The van der Waals surface area contributed by atoms with Crippen LogP contribution in [0.1, 0.15) is 27.0 Å². The van der Waals surface area contributed by atoms with Crippen LogP contribution in [0.2, 0.25) is 0 Å². The Morgan fingerprint density at radius 3 is 2.75 bits per heavy atom. The number of nitrogens with zero attached hydrogens (tertiary/aromatic N) is 2. The number of halogens is 1. The van der Waals surface area contributed by atoms with Crippen LogP contribution in [0.5, 0.6) is 0 Å². The fourth-order valence-electron chi connectivity index (χ4n) is 3.80. The van der Waals surface area contributed by atoms with Crippen molar-refractivity contribution in [3.63, 3.8) is 0 Å². The molecule has 1 amide bonds. The number of hydrogen-bond donors (Lipinski definition) is 2. The van der Waals surface area contributed by atoms with Crippen molar-refractivity contribution in [2.24, 2.45) is 0 Å². The highest BCUT2D eigenvalue weighted by molar-refractivity contribution is 9.10. The van der Waals surface area contributed by atoms with Crippen LogP contribution in [0.15, 0.2) is 71.2 Å². The first kappa shape index (κ1) is 17.2. The van der Waals surface area contributed by atoms with Gasteiger partial charge in [-0.2, -0.15) is 0 Å². The Bertz CT molecular complexity index is 1220. The van der Waals surface area contributed by atoms with E-state index < -0.39 is 5.72 Å². The maximum absolute atomic E-state index is 13.2. The minimum atomic E-state index is -1.59. The van der Waals surface area contributed by atoms with E-state index in [1.165, 1.54) is 4.90 Å². The van der Waals surface area contributed by atoms with Crippen molar-refractivity contribution in [3.05, 3.63) is 99.8 Å². The van der Waals surface area contributed by atoms with E-state index >= 15 is 0 Å². The summed E-state index contributed by atoms with van der Waals surface area (Å²) in [6, 6.07) is 20.3. The zero-order valence-electron chi connectivity index (χ0n) is 14.7. The van der Waals surface area contributed by atoms with E-state index in [2.05, 4.69) is 32.2 Å². The molecule has 1 aliphatic rings. The first-order valence-electron chi connectivity index (χ1n) is 8.82. The molecule has 2 heterocycles. The Balaban J connectivity index is 1.70. The average molecular weight is 433 g/mol. The highest BCUT2D eigenvalue weighted by Gasteiger charge is 2.49. The highest BCUT2D eigenvalue weighted by Crippen LogP contribution is 2.43. The Morgan fingerprint density at radius 2 is 1.89 bits per heavy atom. The van der Waals surface area contributed by atoms with Crippen LogP contribution in [0, 0.1) is 6.33 Å². The van der Waals surface area contributed by atoms with Gasteiger partial charge in [-0.15, -0.1) is 0 Å². The first-order chi connectivity index (χ1) is 13.6. The average Bonchev–Trinajstić information content (AvgIpc) is 3.27. The number of aliphatic hydroxyl groups is 1. The lowest BCUT2D eigenvalue weighted by Crippen LogP contribution is -2.44. The SMILES string of the molecule is O=C1c2ccccc2C(O)(c2ccc3[nH][c]nc3c2)N1Cc1ccccc1Br. The van der Waals surface area contributed by atoms with E-state index in [9.17, 15) is 9.90 Å². The normalized spacial score (nSPS) is 18.6. The van der Waals surface area contributed by atoms with E-state index in [0.717, 1.165) is 15.6 Å². The second-order valence-electron chi connectivity index (χ2n) is 6.78. The van der Waals surface area contributed by atoms with Gasteiger partial charge < -0.3 is 10.1 Å². The van der Waals surface area contributed by atoms with E-state index in [1.807, 2.05) is 48.5 Å². The molecule has 28 heavy (non-hydrogen) atoms. The van der Waals surface area contributed by atoms with Gasteiger partial charge in [0.25, 0.3) is 5.91 Å². The molecule has 1 atom stereocenters. The second kappa shape index (κ2) is 6.29. The van der Waals surface area contributed by atoms with E-state index in [4.69, 9.17) is 0 Å². The minimum absolute atomic E-state index is 0.206. The number of fused-ring (bicyclic) bond motifs is 2. The lowest BCUT2D eigenvalue weighted by atomic mass is 9.93. The van der Waals surface area contributed by atoms with Gasteiger partial charge in [0.2, 0.25) is 0 Å². The molecule has 0 aliphatic carbocycles. The van der Waals surface area contributed by atoms with Gasteiger partial charge in [-0.05, 0) is 29.8 Å². The number of aromatic amines is 1. The van der Waals surface area contributed by atoms with Gasteiger partial charge in [0, 0.05) is 21.2 Å².